The first-order valence-electron chi connectivity index (χ1n) is 7.71. The molecule has 128 valence electrons. The molecular weight excluding hydrogens is 359 g/mol. The van der Waals surface area contributed by atoms with Crippen LogP contribution in [0.4, 0.5) is 0 Å². The predicted molar refractivity (Wildman–Crippen MR) is 94.6 cm³/mol. The second-order valence-corrected chi connectivity index (χ2v) is 6.67. The van der Waals surface area contributed by atoms with Crippen LogP contribution in [0.1, 0.15) is 24.5 Å². The van der Waals surface area contributed by atoms with Gasteiger partial charge in [0.25, 0.3) is 0 Å². The second-order valence-electron chi connectivity index (χ2n) is 5.86. The largest absolute Gasteiger partial charge is 0.370 e. The van der Waals surface area contributed by atoms with Gasteiger partial charge < -0.3 is 15.0 Å². The number of nitrogens with one attached hydrogen (secondary N) is 1. The van der Waals surface area contributed by atoms with Gasteiger partial charge in [-0.05, 0) is 37.1 Å². The molecule has 2 aliphatic rings. The number of nitrogens with zero attached hydrogens (tertiary/aromatic N) is 1. The molecule has 3 rings (SSSR count). The van der Waals surface area contributed by atoms with E-state index in [-0.39, 0.29) is 30.3 Å². The fraction of sp³-hybridized carbons (Fsp3) is 0.562. The Labute approximate surface area is 152 Å². The monoisotopic (exact) mass is 378 g/mol. The summed E-state index contributed by atoms with van der Waals surface area (Å²) < 4.78 is 5.82. The van der Waals surface area contributed by atoms with Crippen molar-refractivity contribution in [2.75, 3.05) is 32.8 Å². The Balaban J connectivity index is 0.00000192. The first-order chi connectivity index (χ1) is 10.6. The third-order valence-electron chi connectivity index (χ3n) is 4.34. The Kier molecular flexibility index (Phi) is 6.99. The number of carbonyl (C=O) groups is 1. The first-order valence-corrected chi connectivity index (χ1v) is 8.47. The van der Waals surface area contributed by atoms with Gasteiger partial charge in [0.05, 0.1) is 29.1 Å². The van der Waals surface area contributed by atoms with E-state index in [9.17, 15) is 4.79 Å². The lowest BCUT2D eigenvalue weighted by Crippen LogP contribution is -2.48. The van der Waals surface area contributed by atoms with Crippen molar-refractivity contribution in [3.8, 4) is 0 Å². The fourth-order valence-electron chi connectivity index (χ4n) is 3.08. The third-order valence-corrected chi connectivity index (χ3v) is 5.08. The van der Waals surface area contributed by atoms with Crippen LogP contribution in [0, 0.1) is 5.92 Å². The van der Waals surface area contributed by atoms with E-state index in [1.807, 2.05) is 17.0 Å². The summed E-state index contributed by atoms with van der Waals surface area (Å²) in [6.45, 7) is 3.59. The average molecular weight is 380 g/mol. The molecule has 2 saturated heterocycles. The van der Waals surface area contributed by atoms with Crippen LogP contribution < -0.4 is 5.32 Å². The number of piperidine rings is 1. The maximum Gasteiger partial charge on any atom is 0.227 e. The van der Waals surface area contributed by atoms with E-state index >= 15 is 0 Å². The smallest absolute Gasteiger partial charge is 0.227 e. The molecule has 0 radical (unpaired) electrons. The molecule has 1 amide bonds. The molecule has 0 bridgehead atoms. The van der Waals surface area contributed by atoms with Crippen molar-refractivity contribution in [2.45, 2.75) is 18.9 Å². The van der Waals surface area contributed by atoms with Gasteiger partial charge in [0.1, 0.15) is 6.10 Å². The minimum atomic E-state index is -0.135. The van der Waals surface area contributed by atoms with Gasteiger partial charge in [0, 0.05) is 13.1 Å². The van der Waals surface area contributed by atoms with E-state index in [1.54, 1.807) is 6.07 Å². The van der Waals surface area contributed by atoms with Gasteiger partial charge in [-0.2, -0.15) is 0 Å². The summed E-state index contributed by atoms with van der Waals surface area (Å²) in [6, 6.07) is 5.51. The Morgan fingerprint density at radius 1 is 1.30 bits per heavy atom. The van der Waals surface area contributed by atoms with Crippen molar-refractivity contribution < 1.29 is 9.53 Å². The average Bonchev–Trinajstić information content (AvgIpc) is 2.57. The molecule has 23 heavy (non-hydrogen) atoms. The maximum atomic E-state index is 12.6. The number of hydrogen-bond acceptors (Lipinski definition) is 3. The van der Waals surface area contributed by atoms with Crippen LogP contribution in [-0.4, -0.2) is 43.6 Å². The lowest BCUT2D eigenvalue weighted by Gasteiger charge is -2.36. The van der Waals surface area contributed by atoms with Crippen molar-refractivity contribution in [3.05, 3.63) is 33.8 Å². The highest BCUT2D eigenvalue weighted by molar-refractivity contribution is 6.42. The number of carbonyl (C=O) groups excluding carboxylic acids is 1. The lowest BCUT2D eigenvalue weighted by atomic mass is 9.97. The summed E-state index contributed by atoms with van der Waals surface area (Å²) in [4.78, 5) is 14.6. The highest BCUT2D eigenvalue weighted by Gasteiger charge is 2.30. The van der Waals surface area contributed by atoms with Crippen LogP contribution >= 0.6 is 35.6 Å². The van der Waals surface area contributed by atoms with E-state index < -0.39 is 0 Å². The van der Waals surface area contributed by atoms with Crippen molar-refractivity contribution in [3.63, 3.8) is 0 Å². The Morgan fingerprint density at radius 3 is 2.83 bits per heavy atom. The van der Waals surface area contributed by atoms with Crippen molar-refractivity contribution in [1.82, 2.24) is 10.2 Å². The number of benzene rings is 1. The number of rotatable bonds is 2. The van der Waals surface area contributed by atoms with Crippen LogP contribution in [0.3, 0.4) is 0 Å². The molecular formula is C16H21Cl3N2O2. The standard InChI is InChI=1S/C16H20Cl2N2O2.ClH/c17-13-4-3-11(8-14(13)18)15-10-20(6-7-22-15)16(21)12-2-1-5-19-9-12;/h3-4,8,12,15,19H,1-2,5-7,9-10H2;1H. The van der Waals surface area contributed by atoms with Gasteiger partial charge in [-0.1, -0.05) is 29.3 Å². The zero-order chi connectivity index (χ0) is 15.5. The van der Waals surface area contributed by atoms with Gasteiger partial charge in [0.15, 0.2) is 0 Å². The summed E-state index contributed by atoms with van der Waals surface area (Å²) in [5.41, 5.74) is 0.966. The van der Waals surface area contributed by atoms with Gasteiger partial charge in [-0.15, -0.1) is 12.4 Å². The zero-order valence-electron chi connectivity index (χ0n) is 12.8. The number of amides is 1. The number of halogens is 3. The number of hydrogen-bond donors (Lipinski definition) is 1. The molecule has 2 fully saturated rings. The Bertz CT molecular complexity index is 550. The van der Waals surface area contributed by atoms with Gasteiger partial charge in [-0.3, -0.25) is 4.79 Å². The summed E-state index contributed by atoms with van der Waals surface area (Å²) in [5.74, 6) is 0.335. The fourth-order valence-corrected chi connectivity index (χ4v) is 3.39. The van der Waals surface area contributed by atoms with E-state index in [2.05, 4.69) is 5.32 Å². The quantitative estimate of drug-likeness (QED) is 0.857. The summed E-state index contributed by atoms with van der Waals surface area (Å²) in [6.07, 6.45) is 1.90. The van der Waals surface area contributed by atoms with Crippen LogP contribution in [0.25, 0.3) is 0 Å². The minimum absolute atomic E-state index is 0. The third kappa shape index (κ3) is 4.52. The summed E-state index contributed by atoms with van der Waals surface area (Å²) in [5, 5.41) is 4.35. The van der Waals surface area contributed by atoms with Crippen LogP contribution in [0.2, 0.25) is 10.0 Å². The molecule has 7 heteroatoms. The molecule has 0 saturated carbocycles. The molecule has 1 N–H and O–H groups in total. The van der Waals surface area contributed by atoms with Gasteiger partial charge >= 0.3 is 0 Å². The minimum Gasteiger partial charge on any atom is -0.370 e. The molecule has 1 aromatic carbocycles. The molecule has 2 unspecified atom stereocenters. The van der Waals surface area contributed by atoms with E-state index in [0.29, 0.717) is 29.7 Å². The number of morpholine rings is 1. The van der Waals surface area contributed by atoms with Crippen LogP contribution in [-0.2, 0) is 9.53 Å². The van der Waals surface area contributed by atoms with Gasteiger partial charge in [-0.25, -0.2) is 0 Å². The number of ether oxygens (including phenoxy) is 1. The van der Waals surface area contributed by atoms with Gasteiger partial charge in [0.2, 0.25) is 5.91 Å². The van der Waals surface area contributed by atoms with Crippen LogP contribution in [0.15, 0.2) is 18.2 Å². The normalized spacial score (nSPS) is 24.9. The van der Waals surface area contributed by atoms with Crippen molar-refractivity contribution in [2.24, 2.45) is 5.92 Å². The Hall–Kier alpha value is -0.520. The molecule has 4 nitrogen and oxygen atoms in total. The molecule has 2 atom stereocenters. The molecule has 0 spiro atoms. The lowest BCUT2D eigenvalue weighted by molar-refractivity contribution is -0.143. The SMILES string of the molecule is Cl.O=C(C1CCCNC1)N1CCOC(c2ccc(Cl)c(Cl)c2)C1. The molecule has 2 heterocycles. The second kappa shape index (κ2) is 8.54. The summed E-state index contributed by atoms with van der Waals surface area (Å²) >= 11 is 12.0. The van der Waals surface area contributed by atoms with E-state index in [1.165, 1.54) is 0 Å². The maximum absolute atomic E-state index is 12.6. The highest BCUT2D eigenvalue weighted by Crippen LogP contribution is 2.29. The molecule has 2 aliphatic heterocycles. The van der Waals surface area contributed by atoms with Crippen molar-refractivity contribution in [1.29, 1.82) is 0 Å². The predicted octanol–water partition coefficient (Wildman–Crippen LogP) is 3.31. The zero-order valence-corrected chi connectivity index (χ0v) is 15.1. The molecule has 1 aromatic rings. The Morgan fingerprint density at radius 2 is 2.13 bits per heavy atom. The first kappa shape index (κ1) is 18.8. The van der Waals surface area contributed by atoms with E-state index in [0.717, 1.165) is 31.5 Å². The van der Waals surface area contributed by atoms with E-state index in [4.69, 9.17) is 27.9 Å². The van der Waals surface area contributed by atoms with Crippen LogP contribution in [0.5, 0.6) is 0 Å². The highest BCUT2D eigenvalue weighted by atomic mass is 35.5. The summed E-state index contributed by atoms with van der Waals surface area (Å²) in [7, 11) is 0. The topological polar surface area (TPSA) is 41.6 Å². The molecule has 0 aromatic heterocycles. The molecule has 0 aliphatic carbocycles. The van der Waals surface area contributed by atoms with Crippen molar-refractivity contribution >= 4 is 41.5 Å².